The van der Waals surface area contributed by atoms with Crippen LogP contribution in [-0.4, -0.2) is 12.4 Å². The molecule has 4 heteroatoms. The van der Waals surface area contributed by atoms with Crippen molar-refractivity contribution < 1.29 is 4.74 Å². The van der Waals surface area contributed by atoms with Crippen molar-refractivity contribution in [3.05, 3.63) is 27.7 Å². The van der Waals surface area contributed by atoms with Crippen molar-refractivity contribution in [1.82, 2.24) is 0 Å². The Kier molecular flexibility index (Phi) is 4.81. The van der Waals surface area contributed by atoms with E-state index in [1.165, 1.54) is 0 Å². The molecule has 0 aliphatic heterocycles. The molecule has 0 saturated heterocycles. The first-order valence-corrected chi connectivity index (χ1v) is 6.44. The molecule has 0 aliphatic rings. The topological polar surface area (TPSA) is 9.23 Å². The second-order valence-electron chi connectivity index (χ2n) is 4.19. The molecule has 0 radical (unpaired) electrons. The third-order valence-corrected chi connectivity index (χ3v) is 3.60. The molecule has 15 heavy (non-hydrogen) atoms. The van der Waals surface area contributed by atoms with Crippen LogP contribution in [0.3, 0.4) is 0 Å². The summed E-state index contributed by atoms with van der Waals surface area (Å²) in [5.74, 6) is 1.49. The number of hydrogen-bond acceptors (Lipinski definition) is 2. The molecule has 0 aromatic heterocycles. The summed E-state index contributed by atoms with van der Waals surface area (Å²) in [7, 11) is 0. The molecule has 0 bridgehead atoms. The highest BCUT2D eigenvalue weighted by atomic mass is 79.9. The Morgan fingerprint density at radius 3 is 2.73 bits per heavy atom. The molecule has 84 valence electrons. The number of rotatable bonds is 4. The van der Waals surface area contributed by atoms with Gasteiger partial charge in [-0.05, 0) is 24.0 Å². The highest BCUT2D eigenvalue weighted by Crippen LogP contribution is 2.29. The fourth-order valence-electron chi connectivity index (χ4n) is 0.907. The number of thiol groups is 1. The fraction of sp³-hybridized carbons (Fsp3) is 0.455. The predicted octanol–water partition coefficient (Wildman–Crippen LogP) is 4.44. The maximum atomic E-state index is 6.00. The minimum atomic E-state index is 0.0504. The zero-order valence-electron chi connectivity index (χ0n) is 8.76. The molecule has 0 N–H and O–H groups in total. The third-order valence-electron chi connectivity index (χ3n) is 1.94. The summed E-state index contributed by atoms with van der Waals surface area (Å²) in [4.78, 5) is 0. The van der Waals surface area contributed by atoms with E-state index in [4.69, 9.17) is 16.3 Å². The van der Waals surface area contributed by atoms with E-state index in [9.17, 15) is 0 Å². The molecule has 1 aromatic carbocycles. The summed E-state index contributed by atoms with van der Waals surface area (Å²) in [6.45, 7) is 4.81. The molecule has 0 heterocycles. The van der Waals surface area contributed by atoms with E-state index >= 15 is 0 Å². The molecular formula is C11H14BrClOS. The van der Waals surface area contributed by atoms with Crippen LogP contribution in [0, 0.1) is 5.41 Å². The van der Waals surface area contributed by atoms with Crippen LogP contribution in [-0.2, 0) is 0 Å². The molecular weight excluding hydrogens is 296 g/mol. The number of benzene rings is 1. The van der Waals surface area contributed by atoms with Crippen molar-refractivity contribution in [3.63, 3.8) is 0 Å². The van der Waals surface area contributed by atoms with Gasteiger partial charge in [0.15, 0.2) is 0 Å². The van der Waals surface area contributed by atoms with Gasteiger partial charge in [-0.1, -0.05) is 41.4 Å². The van der Waals surface area contributed by atoms with Gasteiger partial charge in [-0.3, -0.25) is 0 Å². The molecule has 0 atom stereocenters. The van der Waals surface area contributed by atoms with E-state index in [0.29, 0.717) is 17.4 Å². The minimum Gasteiger partial charge on any atom is -0.491 e. The molecule has 1 rings (SSSR count). The molecule has 0 aliphatic carbocycles. The summed E-state index contributed by atoms with van der Waals surface area (Å²) in [5, 5.41) is 0.633. The molecule has 0 fully saturated rings. The van der Waals surface area contributed by atoms with Gasteiger partial charge in [0, 0.05) is 9.89 Å². The van der Waals surface area contributed by atoms with E-state index in [2.05, 4.69) is 42.4 Å². The molecule has 0 spiro atoms. The van der Waals surface area contributed by atoms with E-state index in [0.717, 1.165) is 10.2 Å². The fourth-order valence-corrected chi connectivity index (χ4v) is 1.51. The average Bonchev–Trinajstić information content (AvgIpc) is 2.20. The van der Waals surface area contributed by atoms with Gasteiger partial charge in [0.2, 0.25) is 0 Å². The van der Waals surface area contributed by atoms with Crippen molar-refractivity contribution in [2.24, 2.45) is 5.41 Å². The first-order valence-electron chi connectivity index (χ1n) is 4.63. The second-order valence-corrected chi connectivity index (χ2v) is 5.82. The van der Waals surface area contributed by atoms with E-state index in [1.54, 1.807) is 0 Å². The Labute approximate surface area is 110 Å². The van der Waals surface area contributed by atoms with Crippen LogP contribution in [0.25, 0.3) is 0 Å². The van der Waals surface area contributed by atoms with E-state index in [-0.39, 0.29) is 5.41 Å². The Balaban J connectivity index is 2.69. The molecule has 0 saturated carbocycles. The van der Waals surface area contributed by atoms with Crippen LogP contribution in [0.15, 0.2) is 22.7 Å². The van der Waals surface area contributed by atoms with Gasteiger partial charge >= 0.3 is 0 Å². The van der Waals surface area contributed by atoms with Gasteiger partial charge < -0.3 is 4.74 Å². The molecule has 1 aromatic rings. The van der Waals surface area contributed by atoms with E-state index in [1.807, 2.05) is 18.2 Å². The van der Waals surface area contributed by atoms with Crippen LogP contribution in [0.2, 0.25) is 5.02 Å². The zero-order valence-corrected chi connectivity index (χ0v) is 12.0. The lowest BCUT2D eigenvalue weighted by molar-refractivity contribution is 0.202. The maximum absolute atomic E-state index is 6.00. The van der Waals surface area contributed by atoms with Gasteiger partial charge in [-0.2, -0.15) is 12.6 Å². The number of halogens is 2. The van der Waals surface area contributed by atoms with Gasteiger partial charge in [-0.15, -0.1) is 0 Å². The number of ether oxygens (including phenoxy) is 1. The summed E-state index contributed by atoms with van der Waals surface area (Å²) in [6.07, 6.45) is 0. The van der Waals surface area contributed by atoms with E-state index < -0.39 is 0 Å². The van der Waals surface area contributed by atoms with Gasteiger partial charge in [0.1, 0.15) is 5.75 Å². The Morgan fingerprint density at radius 2 is 2.13 bits per heavy atom. The van der Waals surface area contributed by atoms with Crippen molar-refractivity contribution in [2.75, 3.05) is 12.4 Å². The van der Waals surface area contributed by atoms with Gasteiger partial charge in [-0.25, -0.2) is 0 Å². The summed E-state index contributed by atoms with van der Waals surface area (Å²) >= 11 is 13.7. The van der Waals surface area contributed by atoms with Crippen LogP contribution in [0.1, 0.15) is 13.8 Å². The van der Waals surface area contributed by atoms with Gasteiger partial charge in [0.05, 0.1) is 11.6 Å². The summed E-state index contributed by atoms with van der Waals surface area (Å²) in [6, 6.07) is 5.57. The highest BCUT2D eigenvalue weighted by molar-refractivity contribution is 9.10. The third kappa shape index (κ3) is 4.25. The van der Waals surface area contributed by atoms with Crippen LogP contribution in [0.4, 0.5) is 0 Å². The Morgan fingerprint density at radius 1 is 1.47 bits per heavy atom. The molecule has 1 nitrogen and oxygen atoms in total. The SMILES string of the molecule is CC(C)(CS)COc1cc(Br)ccc1Cl. The lowest BCUT2D eigenvalue weighted by Gasteiger charge is -2.22. The van der Waals surface area contributed by atoms with Crippen molar-refractivity contribution in [1.29, 1.82) is 0 Å². The molecule has 0 amide bonds. The van der Waals surface area contributed by atoms with Crippen LogP contribution >= 0.6 is 40.2 Å². The number of hydrogen-bond donors (Lipinski definition) is 1. The highest BCUT2D eigenvalue weighted by Gasteiger charge is 2.17. The standard InChI is InChI=1S/C11H14BrClOS/c1-11(2,7-15)6-14-10-5-8(12)3-4-9(10)13/h3-5,15H,6-7H2,1-2H3. The largest absolute Gasteiger partial charge is 0.491 e. The lowest BCUT2D eigenvalue weighted by Crippen LogP contribution is -2.23. The first kappa shape index (κ1) is 13.2. The molecule has 0 unspecified atom stereocenters. The predicted molar refractivity (Wildman–Crippen MR) is 72.3 cm³/mol. The second kappa shape index (κ2) is 5.46. The smallest absolute Gasteiger partial charge is 0.139 e. The quantitative estimate of drug-likeness (QED) is 0.809. The summed E-state index contributed by atoms with van der Waals surface area (Å²) < 4.78 is 6.63. The maximum Gasteiger partial charge on any atom is 0.139 e. The van der Waals surface area contributed by atoms with Crippen LogP contribution in [0.5, 0.6) is 5.75 Å². The monoisotopic (exact) mass is 308 g/mol. The van der Waals surface area contributed by atoms with Crippen LogP contribution < -0.4 is 4.74 Å². The Bertz CT molecular complexity index is 341. The lowest BCUT2D eigenvalue weighted by atomic mass is 9.98. The van der Waals surface area contributed by atoms with Crippen molar-refractivity contribution >= 4 is 40.2 Å². The Hall–Kier alpha value is 0.140. The normalized spacial score (nSPS) is 11.5. The van der Waals surface area contributed by atoms with Crippen molar-refractivity contribution in [2.45, 2.75) is 13.8 Å². The summed E-state index contributed by atoms with van der Waals surface area (Å²) in [5.41, 5.74) is 0.0504. The zero-order chi connectivity index (χ0) is 11.5. The minimum absolute atomic E-state index is 0.0504. The average molecular weight is 310 g/mol. The van der Waals surface area contributed by atoms with Crippen molar-refractivity contribution in [3.8, 4) is 5.75 Å². The van der Waals surface area contributed by atoms with Gasteiger partial charge in [0.25, 0.3) is 0 Å². The first-order chi connectivity index (χ1) is 6.94.